The molecule has 0 amide bonds. The number of nitrogens with zero attached hydrogens (tertiary/aromatic N) is 3. The maximum absolute atomic E-state index is 12.8. The first-order valence-corrected chi connectivity index (χ1v) is 12.1. The molecule has 174 valence electrons. The minimum atomic E-state index is -0.261. The molecule has 0 bridgehead atoms. The van der Waals surface area contributed by atoms with Gasteiger partial charge in [-0.2, -0.15) is 9.50 Å². The van der Waals surface area contributed by atoms with Crippen LogP contribution in [0.3, 0.4) is 0 Å². The van der Waals surface area contributed by atoms with Crippen molar-refractivity contribution in [1.29, 1.82) is 0 Å². The zero-order valence-electron chi connectivity index (χ0n) is 18.2. The predicted octanol–water partition coefficient (Wildman–Crippen LogP) is 6.00. The Morgan fingerprint density at radius 3 is 2.66 bits per heavy atom. The maximum Gasteiger partial charge on any atom is 0.291 e. The first-order chi connectivity index (χ1) is 17.0. The van der Waals surface area contributed by atoms with Gasteiger partial charge in [0.2, 0.25) is 4.96 Å². The molecule has 2 aromatic carbocycles. The molecule has 0 aliphatic carbocycles. The lowest BCUT2D eigenvalue weighted by atomic mass is 10.2. The normalized spacial score (nSPS) is 12.1. The number of halogens is 2. The summed E-state index contributed by atoms with van der Waals surface area (Å²) >= 11 is 13.5. The molecule has 5 aromatic rings. The van der Waals surface area contributed by atoms with Crippen LogP contribution in [0.5, 0.6) is 5.75 Å². The Bertz CT molecular complexity index is 1670. The standard InChI is InChI=1S/C26H17Cl2N3O3S/c1-2-13-33-18-7-3-16(4-8-18)5-12-24-29-26-31(30-24)25(32)23(35-26)15-19-9-11-22(34-19)20-10-6-17(27)14-21(20)28/h2-12,14-15H,1,13H2/b12-5+,23-15-. The van der Waals surface area contributed by atoms with Crippen molar-refractivity contribution < 1.29 is 9.15 Å². The van der Waals surface area contributed by atoms with E-state index in [4.69, 9.17) is 32.4 Å². The molecule has 0 N–H and O–H groups in total. The fraction of sp³-hybridized carbons (Fsp3) is 0.0385. The fourth-order valence-electron chi connectivity index (χ4n) is 3.31. The summed E-state index contributed by atoms with van der Waals surface area (Å²) in [6.45, 7) is 4.09. The third-order valence-electron chi connectivity index (χ3n) is 4.97. The van der Waals surface area contributed by atoms with E-state index >= 15 is 0 Å². The van der Waals surface area contributed by atoms with Crippen LogP contribution in [0.25, 0.3) is 34.5 Å². The Labute approximate surface area is 214 Å². The highest BCUT2D eigenvalue weighted by atomic mass is 35.5. The van der Waals surface area contributed by atoms with Gasteiger partial charge in [0, 0.05) is 16.7 Å². The van der Waals surface area contributed by atoms with E-state index in [9.17, 15) is 4.79 Å². The van der Waals surface area contributed by atoms with Crippen LogP contribution in [-0.2, 0) is 0 Å². The smallest absolute Gasteiger partial charge is 0.291 e. The molecule has 0 spiro atoms. The molecule has 0 fully saturated rings. The number of thiazole rings is 1. The highest BCUT2D eigenvalue weighted by Crippen LogP contribution is 2.31. The van der Waals surface area contributed by atoms with Gasteiger partial charge >= 0.3 is 0 Å². The lowest BCUT2D eigenvalue weighted by molar-refractivity contribution is 0.363. The van der Waals surface area contributed by atoms with Gasteiger partial charge < -0.3 is 9.15 Å². The van der Waals surface area contributed by atoms with Crippen LogP contribution in [-0.4, -0.2) is 21.2 Å². The maximum atomic E-state index is 12.8. The summed E-state index contributed by atoms with van der Waals surface area (Å²) in [5.41, 5.74) is 1.42. The van der Waals surface area contributed by atoms with E-state index in [0.717, 1.165) is 16.9 Å². The van der Waals surface area contributed by atoms with Crippen LogP contribution >= 0.6 is 34.5 Å². The Kier molecular flexibility index (Phi) is 6.55. The van der Waals surface area contributed by atoms with Crippen LogP contribution < -0.4 is 14.8 Å². The van der Waals surface area contributed by atoms with E-state index in [1.807, 2.05) is 30.3 Å². The summed E-state index contributed by atoms with van der Waals surface area (Å²) in [5.74, 6) is 2.32. The SMILES string of the molecule is C=CCOc1ccc(/C=C/c2nc3s/c(=C\c4ccc(-c5ccc(Cl)cc5Cl)o4)c(=O)n3n2)cc1. The largest absolute Gasteiger partial charge is 0.490 e. The average Bonchev–Trinajstić information content (AvgIpc) is 3.54. The number of fused-ring (bicyclic) bond motifs is 1. The van der Waals surface area contributed by atoms with Gasteiger partial charge in [-0.05, 0) is 54.1 Å². The molecule has 0 radical (unpaired) electrons. The molecule has 0 atom stereocenters. The minimum absolute atomic E-state index is 0.261. The highest BCUT2D eigenvalue weighted by molar-refractivity contribution is 7.15. The molecule has 5 rings (SSSR count). The number of hydrogen-bond donors (Lipinski definition) is 0. The quantitative estimate of drug-likeness (QED) is 0.245. The van der Waals surface area contributed by atoms with Gasteiger partial charge in [0.25, 0.3) is 5.56 Å². The predicted molar refractivity (Wildman–Crippen MR) is 141 cm³/mol. The van der Waals surface area contributed by atoms with E-state index in [2.05, 4.69) is 16.7 Å². The van der Waals surface area contributed by atoms with E-state index in [1.165, 1.54) is 15.9 Å². The molecule has 6 nitrogen and oxygen atoms in total. The third kappa shape index (κ3) is 5.07. The molecule has 3 heterocycles. The second kappa shape index (κ2) is 9.92. The molecule has 0 unspecified atom stereocenters. The first-order valence-electron chi connectivity index (χ1n) is 10.5. The van der Waals surface area contributed by atoms with Crippen LogP contribution in [0.2, 0.25) is 10.0 Å². The minimum Gasteiger partial charge on any atom is -0.490 e. The molecule has 9 heteroatoms. The van der Waals surface area contributed by atoms with Gasteiger partial charge in [-0.15, -0.1) is 5.10 Å². The number of rotatable bonds is 7. The van der Waals surface area contributed by atoms with Crippen molar-refractivity contribution in [1.82, 2.24) is 14.6 Å². The van der Waals surface area contributed by atoms with Crippen molar-refractivity contribution in [2.45, 2.75) is 0 Å². The summed E-state index contributed by atoms with van der Waals surface area (Å²) < 4.78 is 13.1. The highest BCUT2D eigenvalue weighted by Gasteiger charge is 2.11. The monoisotopic (exact) mass is 521 g/mol. The van der Waals surface area contributed by atoms with Crippen molar-refractivity contribution in [3.8, 4) is 17.1 Å². The molecular formula is C26H17Cl2N3O3S. The molecule has 0 aliphatic rings. The summed E-state index contributed by atoms with van der Waals surface area (Å²) in [5, 5.41) is 5.35. The van der Waals surface area contributed by atoms with E-state index in [-0.39, 0.29) is 5.56 Å². The second-order valence-electron chi connectivity index (χ2n) is 7.41. The van der Waals surface area contributed by atoms with Crippen molar-refractivity contribution in [2.75, 3.05) is 6.61 Å². The summed E-state index contributed by atoms with van der Waals surface area (Å²) in [4.78, 5) is 17.8. The van der Waals surface area contributed by atoms with Crippen LogP contribution in [0.4, 0.5) is 0 Å². The molecular weight excluding hydrogens is 505 g/mol. The molecule has 35 heavy (non-hydrogen) atoms. The number of furan rings is 1. The van der Waals surface area contributed by atoms with Gasteiger partial charge in [-0.3, -0.25) is 4.79 Å². The number of ether oxygens (including phenoxy) is 1. The number of hydrogen-bond acceptors (Lipinski definition) is 6. The third-order valence-corrected chi connectivity index (χ3v) is 6.47. The van der Waals surface area contributed by atoms with Crippen LogP contribution in [0, 0.1) is 0 Å². The van der Waals surface area contributed by atoms with Crippen molar-refractivity contribution in [3.05, 3.63) is 109 Å². The number of aromatic nitrogens is 3. The average molecular weight is 522 g/mol. The zero-order chi connectivity index (χ0) is 24.4. The summed E-state index contributed by atoms with van der Waals surface area (Å²) in [6.07, 6.45) is 7.00. The van der Waals surface area contributed by atoms with Crippen molar-refractivity contribution >= 4 is 57.7 Å². The Morgan fingerprint density at radius 2 is 1.91 bits per heavy atom. The summed E-state index contributed by atoms with van der Waals surface area (Å²) in [6, 6.07) is 16.4. The summed E-state index contributed by atoms with van der Waals surface area (Å²) in [7, 11) is 0. The van der Waals surface area contributed by atoms with Gasteiger partial charge in [0.15, 0.2) is 5.82 Å². The number of benzene rings is 2. The lowest BCUT2D eigenvalue weighted by Gasteiger charge is -2.02. The van der Waals surface area contributed by atoms with Gasteiger partial charge in [-0.1, -0.05) is 65.4 Å². The van der Waals surface area contributed by atoms with Crippen molar-refractivity contribution in [3.63, 3.8) is 0 Å². The topological polar surface area (TPSA) is 69.6 Å². The Balaban J connectivity index is 1.36. The molecule has 0 aliphatic heterocycles. The first kappa shape index (κ1) is 23.1. The molecule has 3 aromatic heterocycles. The second-order valence-corrected chi connectivity index (χ2v) is 9.26. The Morgan fingerprint density at radius 1 is 1.09 bits per heavy atom. The fourth-order valence-corrected chi connectivity index (χ4v) is 4.71. The Hall–Kier alpha value is -3.65. The van der Waals surface area contributed by atoms with Gasteiger partial charge in [0.05, 0.1) is 5.02 Å². The van der Waals surface area contributed by atoms with E-state index in [0.29, 0.717) is 43.5 Å². The van der Waals surface area contributed by atoms with Gasteiger partial charge in [0.1, 0.15) is 28.4 Å². The molecule has 0 saturated carbocycles. The molecule has 0 saturated heterocycles. The zero-order valence-corrected chi connectivity index (χ0v) is 20.5. The van der Waals surface area contributed by atoms with Crippen LogP contribution in [0.1, 0.15) is 17.1 Å². The van der Waals surface area contributed by atoms with E-state index < -0.39 is 0 Å². The van der Waals surface area contributed by atoms with Crippen molar-refractivity contribution in [2.24, 2.45) is 0 Å². The van der Waals surface area contributed by atoms with E-state index in [1.54, 1.807) is 48.6 Å². The lowest BCUT2D eigenvalue weighted by Crippen LogP contribution is -2.23. The van der Waals surface area contributed by atoms with Crippen LogP contribution in [0.15, 0.2) is 76.5 Å². The van der Waals surface area contributed by atoms with Gasteiger partial charge in [-0.25, -0.2) is 0 Å².